The van der Waals surface area contributed by atoms with Gasteiger partial charge >= 0.3 is 0 Å². The highest BCUT2D eigenvalue weighted by Gasteiger charge is 2.17. The smallest absolute Gasteiger partial charge is 0.279 e. The molecular formula is C23H29N3O5S. The lowest BCUT2D eigenvalue weighted by atomic mass is 10.1. The van der Waals surface area contributed by atoms with E-state index in [1.807, 2.05) is 32.9 Å². The second-order valence-corrected chi connectivity index (χ2v) is 7.35. The predicted octanol–water partition coefficient (Wildman–Crippen LogP) is 2.82. The zero-order chi connectivity index (χ0) is 23.5. The molecule has 2 aromatic carbocycles. The molecule has 0 aromatic heterocycles. The van der Waals surface area contributed by atoms with Crippen LogP contribution in [0.25, 0.3) is 0 Å². The number of para-hydroxylation sites is 1. The largest absolute Gasteiger partial charge is 0.490 e. The van der Waals surface area contributed by atoms with Crippen molar-refractivity contribution >= 4 is 29.1 Å². The van der Waals surface area contributed by atoms with Gasteiger partial charge in [-0.2, -0.15) is 0 Å². The average molecular weight is 460 g/mol. The van der Waals surface area contributed by atoms with Gasteiger partial charge in [0.1, 0.15) is 18.1 Å². The van der Waals surface area contributed by atoms with E-state index in [4.69, 9.17) is 26.4 Å². The normalized spacial score (nSPS) is 11.2. The molecule has 0 aliphatic heterocycles. The Morgan fingerprint density at radius 2 is 1.78 bits per heavy atom. The molecule has 0 fully saturated rings. The molecule has 0 spiro atoms. The molecule has 1 unspecified atom stereocenters. The summed E-state index contributed by atoms with van der Waals surface area (Å²) in [6.45, 7) is 8.80. The molecule has 0 radical (unpaired) electrons. The Labute approximate surface area is 193 Å². The van der Waals surface area contributed by atoms with E-state index in [2.05, 4.69) is 16.2 Å². The Kier molecular flexibility index (Phi) is 9.90. The van der Waals surface area contributed by atoms with Crippen LogP contribution >= 0.6 is 12.2 Å². The number of carbonyl (C=O) groups is 2. The Balaban J connectivity index is 1.83. The molecule has 3 N–H and O–H groups in total. The molecule has 0 aliphatic rings. The van der Waals surface area contributed by atoms with Crippen molar-refractivity contribution in [2.45, 2.75) is 33.8 Å². The number of ether oxygens (including phenoxy) is 3. The van der Waals surface area contributed by atoms with Gasteiger partial charge in [0.2, 0.25) is 0 Å². The maximum atomic E-state index is 12.6. The monoisotopic (exact) mass is 459 g/mol. The molecule has 8 nitrogen and oxygen atoms in total. The number of nitrogens with one attached hydrogen (secondary N) is 3. The van der Waals surface area contributed by atoms with E-state index in [-0.39, 0.29) is 5.11 Å². The minimum Gasteiger partial charge on any atom is -0.490 e. The molecule has 0 aliphatic carbocycles. The first-order chi connectivity index (χ1) is 15.3. The number of aryl methyl sites for hydroxylation is 2. The van der Waals surface area contributed by atoms with Gasteiger partial charge in [-0.05, 0) is 75.3 Å². The molecule has 2 amide bonds. The van der Waals surface area contributed by atoms with Crippen molar-refractivity contribution in [3.8, 4) is 11.5 Å². The Morgan fingerprint density at radius 3 is 2.50 bits per heavy atom. The molecule has 0 heterocycles. The second-order valence-electron chi connectivity index (χ2n) is 6.95. The van der Waals surface area contributed by atoms with Gasteiger partial charge in [0, 0.05) is 6.61 Å². The first kappa shape index (κ1) is 25.1. The van der Waals surface area contributed by atoms with Gasteiger partial charge in [-0.15, -0.1) is 0 Å². The molecular weight excluding hydrogens is 430 g/mol. The summed E-state index contributed by atoms with van der Waals surface area (Å²) < 4.78 is 16.5. The third kappa shape index (κ3) is 7.82. The topological polar surface area (TPSA) is 97.9 Å². The van der Waals surface area contributed by atoms with Crippen molar-refractivity contribution < 1.29 is 23.8 Å². The number of amides is 2. The van der Waals surface area contributed by atoms with Gasteiger partial charge in [-0.1, -0.05) is 18.2 Å². The lowest BCUT2D eigenvalue weighted by Crippen LogP contribution is -2.51. The third-order valence-corrected chi connectivity index (χ3v) is 4.71. The molecule has 32 heavy (non-hydrogen) atoms. The van der Waals surface area contributed by atoms with E-state index >= 15 is 0 Å². The van der Waals surface area contributed by atoms with Gasteiger partial charge in [0.25, 0.3) is 11.8 Å². The van der Waals surface area contributed by atoms with Crippen LogP contribution in [0.5, 0.6) is 11.5 Å². The summed E-state index contributed by atoms with van der Waals surface area (Å²) >= 11 is 5.10. The van der Waals surface area contributed by atoms with Crippen LogP contribution in [0.1, 0.15) is 35.3 Å². The highest BCUT2D eigenvalue weighted by atomic mass is 32.1. The summed E-state index contributed by atoms with van der Waals surface area (Å²) in [6.07, 6.45) is -0.775. The van der Waals surface area contributed by atoms with Crippen LogP contribution in [0.4, 0.5) is 0 Å². The van der Waals surface area contributed by atoms with Crippen LogP contribution in [-0.2, 0) is 9.53 Å². The van der Waals surface area contributed by atoms with Gasteiger partial charge in [0.15, 0.2) is 11.2 Å². The Bertz CT molecular complexity index is 951. The maximum Gasteiger partial charge on any atom is 0.279 e. The minimum atomic E-state index is -0.775. The summed E-state index contributed by atoms with van der Waals surface area (Å²) in [6, 6.07) is 12.4. The lowest BCUT2D eigenvalue weighted by molar-refractivity contribution is -0.127. The lowest BCUT2D eigenvalue weighted by Gasteiger charge is -2.17. The molecule has 0 saturated heterocycles. The summed E-state index contributed by atoms with van der Waals surface area (Å²) in [5.74, 6) is 0.0854. The van der Waals surface area contributed by atoms with Crippen LogP contribution in [-0.4, -0.2) is 42.9 Å². The van der Waals surface area contributed by atoms with E-state index in [1.54, 1.807) is 37.3 Å². The van der Waals surface area contributed by atoms with Crippen molar-refractivity contribution in [1.29, 1.82) is 0 Å². The fourth-order valence-corrected chi connectivity index (χ4v) is 2.75. The molecule has 0 saturated carbocycles. The number of rotatable bonds is 9. The van der Waals surface area contributed by atoms with Crippen LogP contribution < -0.4 is 25.6 Å². The number of carbonyl (C=O) groups excluding carboxylic acids is 2. The maximum absolute atomic E-state index is 12.6. The van der Waals surface area contributed by atoms with Crippen LogP contribution in [0.3, 0.4) is 0 Å². The van der Waals surface area contributed by atoms with Crippen molar-refractivity contribution in [3.63, 3.8) is 0 Å². The average Bonchev–Trinajstić information content (AvgIpc) is 2.77. The second kappa shape index (κ2) is 12.6. The fraction of sp³-hybridized carbons (Fsp3) is 0.348. The predicted molar refractivity (Wildman–Crippen MR) is 126 cm³/mol. The van der Waals surface area contributed by atoms with E-state index in [1.165, 1.54) is 0 Å². The summed E-state index contributed by atoms with van der Waals surface area (Å²) in [7, 11) is 0. The standard InChI is InChI=1S/C23H29N3O5S/c1-5-29-12-13-30-20-9-7-6-8-19(20)22(28)24-23(32)26-25-21(27)17(4)31-18-11-10-15(2)16(3)14-18/h6-11,14,17H,5,12-13H2,1-4H3,(H,25,27)(H2,24,26,28,32). The van der Waals surface area contributed by atoms with Crippen molar-refractivity contribution in [2.75, 3.05) is 19.8 Å². The highest BCUT2D eigenvalue weighted by molar-refractivity contribution is 7.80. The third-order valence-electron chi connectivity index (χ3n) is 4.51. The quantitative estimate of drug-likeness (QED) is 0.301. The van der Waals surface area contributed by atoms with Crippen molar-refractivity contribution in [3.05, 3.63) is 59.2 Å². The Morgan fingerprint density at radius 1 is 1.03 bits per heavy atom. The minimum absolute atomic E-state index is 0.0640. The van der Waals surface area contributed by atoms with Crippen molar-refractivity contribution in [2.24, 2.45) is 0 Å². The molecule has 1 atom stereocenters. The Hall–Kier alpha value is -3.17. The summed E-state index contributed by atoms with van der Waals surface area (Å²) in [5, 5.41) is 2.45. The van der Waals surface area contributed by atoms with Gasteiger partial charge in [-0.3, -0.25) is 25.8 Å². The van der Waals surface area contributed by atoms with E-state index in [0.717, 1.165) is 11.1 Å². The van der Waals surface area contributed by atoms with E-state index < -0.39 is 17.9 Å². The van der Waals surface area contributed by atoms with Crippen LogP contribution in [0.2, 0.25) is 0 Å². The van der Waals surface area contributed by atoms with E-state index in [0.29, 0.717) is 36.9 Å². The molecule has 9 heteroatoms. The molecule has 172 valence electrons. The van der Waals surface area contributed by atoms with Crippen LogP contribution in [0.15, 0.2) is 42.5 Å². The van der Waals surface area contributed by atoms with Gasteiger partial charge < -0.3 is 14.2 Å². The first-order valence-corrected chi connectivity index (χ1v) is 10.7. The number of hydrogen-bond donors (Lipinski definition) is 3. The summed E-state index contributed by atoms with van der Waals surface area (Å²) in [4.78, 5) is 24.8. The van der Waals surface area contributed by atoms with Crippen LogP contribution in [0, 0.1) is 13.8 Å². The van der Waals surface area contributed by atoms with Gasteiger partial charge in [0.05, 0.1) is 12.2 Å². The highest BCUT2D eigenvalue weighted by Crippen LogP contribution is 2.18. The SMILES string of the molecule is CCOCCOc1ccccc1C(=O)NC(=S)NNC(=O)C(C)Oc1ccc(C)c(C)c1. The molecule has 2 rings (SSSR count). The number of hydrazine groups is 1. The zero-order valence-corrected chi connectivity index (χ0v) is 19.5. The number of thiocarbonyl (C=S) groups is 1. The van der Waals surface area contributed by atoms with E-state index in [9.17, 15) is 9.59 Å². The summed E-state index contributed by atoms with van der Waals surface area (Å²) in [5.41, 5.74) is 7.46. The van der Waals surface area contributed by atoms with Gasteiger partial charge in [-0.25, -0.2) is 0 Å². The molecule has 2 aromatic rings. The fourth-order valence-electron chi connectivity index (χ4n) is 2.60. The number of hydrogen-bond acceptors (Lipinski definition) is 6. The number of benzene rings is 2. The zero-order valence-electron chi connectivity index (χ0n) is 18.7. The van der Waals surface area contributed by atoms with Crippen molar-refractivity contribution in [1.82, 2.24) is 16.2 Å². The molecule has 0 bridgehead atoms. The first-order valence-electron chi connectivity index (χ1n) is 10.3.